The molecule has 1 N–H and O–H groups in total. The fraction of sp³-hybridized carbons (Fsp3) is 0.316. The molecule has 0 unspecified atom stereocenters. The lowest BCUT2D eigenvalue weighted by Crippen LogP contribution is -2.23. The van der Waals surface area contributed by atoms with Crippen molar-refractivity contribution in [2.24, 2.45) is 5.92 Å². The number of nitrogens with one attached hydrogen (secondary N) is 1. The summed E-state index contributed by atoms with van der Waals surface area (Å²) in [5.41, 5.74) is 1.30. The van der Waals surface area contributed by atoms with E-state index in [2.05, 4.69) is 4.72 Å². The van der Waals surface area contributed by atoms with Crippen LogP contribution in [-0.4, -0.2) is 28.4 Å². The SMILES string of the molecule is COc1ccc(CNS(=O)(=O)c2ccc(C(=O)C3CC3)cc2)cc1OC. The van der Waals surface area contributed by atoms with Crippen molar-refractivity contribution in [2.45, 2.75) is 24.3 Å². The minimum absolute atomic E-state index is 0.0900. The van der Waals surface area contributed by atoms with E-state index in [0.717, 1.165) is 18.4 Å². The quantitative estimate of drug-likeness (QED) is 0.718. The number of ketones is 1. The molecule has 26 heavy (non-hydrogen) atoms. The van der Waals surface area contributed by atoms with Crippen LogP contribution < -0.4 is 14.2 Å². The first-order valence-corrected chi connectivity index (χ1v) is 9.78. The van der Waals surface area contributed by atoms with E-state index in [1.54, 1.807) is 30.3 Å². The zero-order chi connectivity index (χ0) is 18.7. The number of sulfonamides is 1. The third kappa shape index (κ3) is 4.05. The first-order valence-electron chi connectivity index (χ1n) is 8.29. The van der Waals surface area contributed by atoms with Crippen LogP contribution in [0.15, 0.2) is 47.4 Å². The zero-order valence-corrected chi connectivity index (χ0v) is 15.5. The van der Waals surface area contributed by atoms with Crippen LogP contribution in [0.1, 0.15) is 28.8 Å². The van der Waals surface area contributed by atoms with Gasteiger partial charge < -0.3 is 9.47 Å². The number of hydrogen-bond donors (Lipinski definition) is 1. The standard InChI is InChI=1S/C19H21NO5S/c1-24-17-10-3-13(11-18(17)25-2)12-20-26(22,23)16-8-6-15(7-9-16)19(21)14-4-5-14/h3,6-11,14,20H,4-5,12H2,1-2H3. The molecule has 0 amide bonds. The van der Waals surface area contributed by atoms with Crippen molar-refractivity contribution in [1.29, 1.82) is 0 Å². The maximum atomic E-state index is 12.5. The minimum Gasteiger partial charge on any atom is -0.493 e. The van der Waals surface area contributed by atoms with E-state index in [1.165, 1.54) is 26.4 Å². The Bertz CT molecular complexity index is 902. The first kappa shape index (κ1) is 18.4. The number of hydrogen-bond acceptors (Lipinski definition) is 5. The summed E-state index contributed by atoms with van der Waals surface area (Å²) in [6.45, 7) is 0.117. The Hall–Kier alpha value is -2.38. The van der Waals surface area contributed by atoms with Crippen molar-refractivity contribution in [3.8, 4) is 11.5 Å². The molecule has 1 aliphatic carbocycles. The van der Waals surface area contributed by atoms with Crippen molar-refractivity contribution in [1.82, 2.24) is 4.72 Å². The van der Waals surface area contributed by atoms with Crippen LogP contribution in [0.2, 0.25) is 0 Å². The zero-order valence-electron chi connectivity index (χ0n) is 14.7. The molecule has 0 radical (unpaired) electrons. The largest absolute Gasteiger partial charge is 0.493 e. The highest BCUT2D eigenvalue weighted by Gasteiger charge is 2.30. The predicted octanol–water partition coefficient (Wildman–Crippen LogP) is 2.78. The number of methoxy groups -OCH3 is 2. The molecular weight excluding hydrogens is 354 g/mol. The normalized spacial score (nSPS) is 14.1. The third-order valence-corrected chi connectivity index (χ3v) is 5.73. The highest BCUT2D eigenvalue weighted by Crippen LogP contribution is 2.32. The van der Waals surface area contributed by atoms with Gasteiger partial charge in [-0.15, -0.1) is 0 Å². The number of benzene rings is 2. The van der Waals surface area contributed by atoms with Crippen LogP contribution in [-0.2, 0) is 16.6 Å². The number of carbonyl (C=O) groups is 1. The Morgan fingerprint density at radius 2 is 1.69 bits per heavy atom. The van der Waals surface area contributed by atoms with Gasteiger partial charge in [-0.2, -0.15) is 0 Å². The molecule has 0 aliphatic heterocycles. The van der Waals surface area contributed by atoms with Gasteiger partial charge in [0.25, 0.3) is 0 Å². The van der Waals surface area contributed by atoms with Gasteiger partial charge in [0.05, 0.1) is 19.1 Å². The molecule has 2 aromatic carbocycles. The summed E-state index contributed by atoms with van der Waals surface area (Å²) in [4.78, 5) is 12.1. The van der Waals surface area contributed by atoms with Gasteiger partial charge >= 0.3 is 0 Å². The van der Waals surface area contributed by atoms with Crippen LogP contribution in [0, 0.1) is 5.92 Å². The molecule has 6 nitrogen and oxygen atoms in total. The number of ether oxygens (including phenoxy) is 2. The van der Waals surface area contributed by atoms with E-state index in [1.807, 2.05) is 0 Å². The van der Waals surface area contributed by atoms with Crippen molar-refractivity contribution < 1.29 is 22.7 Å². The van der Waals surface area contributed by atoms with E-state index in [-0.39, 0.29) is 23.1 Å². The molecule has 1 aliphatic rings. The average Bonchev–Trinajstić information content (AvgIpc) is 3.51. The highest BCUT2D eigenvalue weighted by molar-refractivity contribution is 7.89. The summed E-state index contributed by atoms with van der Waals surface area (Å²) in [5, 5.41) is 0. The van der Waals surface area contributed by atoms with Crippen LogP contribution in [0.3, 0.4) is 0 Å². The van der Waals surface area contributed by atoms with Gasteiger partial charge in [-0.3, -0.25) is 4.79 Å². The number of rotatable bonds is 8. The van der Waals surface area contributed by atoms with Gasteiger partial charge in [0.15, 0.2) is 17.3 Å². The Kier molecular flexibility index (Phi) is 5.29. The van der Waals surface area contributed by atoms with Gasteiger partial charge in [0.2, 0.25) is 10.0 Å². The van der Waals surface area contributed by atoms with E-state index in [9.17, 15) is 13.2 Å². The molecule has 1 saturated carbocycles. The number of carbonyl (C=O) groups excluding carboxylic acids is 1. The maximum Gasteiger partial charge on any atom is 0.240 e. The second kappa shape index (κ2) is 7.47. The van der Waals surface area contributed by atoms with Gasteiger partial charge in [-0.25, -0.2) is 13.1 Å². The average molecular weight is 375 g/mol. The Morgan fingerprint density at radius 3 is 2.27 bits per heavy atom. The second-order valence-electron chi connectivity index (χ2n) is 6.18. The Morgan fingerprint density at radius 1 is 1.04 bits per heavy atom. The fourth-order valence-corrected chi connectivity index (χ4v) is 3.65. The summed E-state index contributed by atoms with van der Waals surface area (Å²) in [5.74, 6) is 1.31. The second-order valence-corrected chi connectivity index (χ2v) is 7.94. The first-order chi connectivity index (χ1) is 12.4. The van der Waals surface area contributed by atoms with E-state index < -0.39 is 10.0 Å². The Labute approximate surface area is 153 Å². The van der Waals surface area contributed by atoms with Crippen LogP contribution in [0.5, 0.6) is 11.5 Å². The molecule has 138 valence electrons. The van der Waals surface area contributed by atoms with Gasteiger partial charge in [-0.05, 0) is 42.7 Å². The smallest absolute Gasteiger partial charge is 0.240 e. The Balaban J connectivity index is 1.69. The monoisotopic (exact) mass is 375 g/mol. The minimum atomic E-state index is -3.67. The molecule has 0 bridgehead atoms. The fourth-order valence-electron chi connectivity index (χ4n) is 2.63. The number of Topliss-reactive ketones (excluding diaryl/α,β-unsaturated/α-hetero) is 1. The molecular formula is C19H21NO5S. The van der Waals surface area contributed by atoms with Crippen molar-refractivity contribution in [3.63, 3.8) is 0 Å². The van der Waals surface area contributed by atoms with Crippen LogP contribution in [0.4, 0.5) is 0 Å². The van der Waals surface area contributed by atoms with E-state index in [0.29, 0.717) is 17.1 Å². The molecule has 0 saturated heterocycles. The molecule has 1 fully saturated rings. The lowest BCUT2D eigenvalue weighted by Gasteiger charge is -2.11. The highest BCUT2D eigenvalue weighted by atomic mass is 32.2. The summed E-state index contributed by atoms with van der Waals surface area (Å²) in [7, 11) is -0.611. The van der Waals surface area contributed by atoms with Gasteiger partial charge in [0, 0.05) is 18.0 Å². The summed E-state index contributed by atoms with van der Waals surface area (Å²) < 4.78 is 37.9. The third-order valence-electron chi connectivity index (χ3n) is 4.31. The molecule has 3 rings (SSSR count). The van der Waals surface area contributed by atoms with Crippen LogP contribution in [0.25, 0.3) is 0 Å². The molecule has 0 atom stereocenters. The van der Waals surface area contributed by atoms with Gasteiger partial charge in [0.1, 0.15) is 0 Å². The van der Waals surface area contributed by atoms with Crippen LogP contribution >= 0.6 is 0 Å². The summed E-state index contributed by atoms with van der Waals surface area (Å²) >= 11 is 0. The molecule has 0 heterocycles. The van der Waals surface area contributed by atoms with Crippen molar-refractivity contribution in [3.05, 3.63) is 53.6 Å². The molecule has 0 spiro atoms. The molecule has 7 heteroatoms. The summed E-state index contributed by atoms with van der Waals surface area (Å²) in [6.07, 6.45) is 1.84. The van der Waals surface area contributed by atoms with E-state index in [4.69, 9.17) is 9.47 Å². The maximum absolute atomic E-state index is 12.5. The topological polar surface area (TPSA) is 81.7 Å². The lowest BCUT2D eigenvalue weighted by molar-refractivity contribution is 0.0967. The molecule has 2 aromatic rings. The summed E-state index contributed by atoms with van der Waals surface area (Å²) in [6, 6.07) is 11.3. The molecule has 0 aromatic heterocycles. The van der Waals surface area contributed by atoms with Gasteiger partial charge in [-0.1, -0.05) is 18.2 Å². The van der Waals surface area contributed by atoms with Crippen molar-refractivity contribution in [2.75, 3.05) is 14.2 Å². The lowest BCUT2D eigenvalue weighted by atomic mass is 10.1. The predicted molar refractivity (Wildman–Crippen MR) is 97.1 cm³/mol. The van der Waals surface area contributed by atoms with Crippen molar-refractivity contribution >= 4 is 15.8 Å². The van der Waals surface area contributed by atoms with E-state index >= 15 is 0 Å².